The number of aromatic nitrogens is 2. The van der Waals surface area contributed by atoms with E-state index in [1.807, 2.05) is 6.92 Å². The van der Waals surface area contributed by atoms with Crippen molar-refractivity contribution >= 4 is 29.1 Å². The second-order valence-electron chi connectivity index (χ2n) is 7.27. The van der Waals surface area contributed by atoms with Gasteiger partial charge in [0, 0.05) is 36.6 Å². The number of hydrogen-bond donors (Lipinski definition) is 0. The number of halogens is 4. The SMILES string of the molecule is C[C@@H]1Cc2nn3c(c2CN1C(=O)c1ccc(Cl)c(Cl)c1)C(F)(F)CCCC3. The van der Waals surface area contributed by atoms with E-state index in [-0.39, 0.29) is 30.6 Å². The van der Waals surface area contributed by atoms with Crippen LogP contribution in [0.1, 0.15) is 53.5 Å². The van der Waals surface area contributed by atoms with E-state index >= 15 is 0 Å². The van der Waals surface area contributed by atoms with E-state index in [4.69, 9.17) is 23.2 Å². The molecule has 4 rings (SSSR count). The first-order valence-electron chi connectivity index (χ1n) is 9.01. The highest BCUT2D eigenvalue weighted by Gasteiger charge is 2.43. The van der Waals surface area contributed by atoms with Gasteiger partial charge in [0.2, 0.25) is 0 Å². The first-order chi connectivity index (χ1) is 12.8. The van der Waals surface area contributed by atoms with Crippen LogP contribution in [-0.4, -0.2) is 26.6 Å². The first-order valence-corrected chi connectivity index (χ1v) is 9.76. The average molecular weight is 414 g/mol. The molecule has 2 aliphatic heterocycles. The maximum Gasteiger partial charge on any atom is 0.289 e. The van der Waals surface area contributed by atoms with Crippen molar-refractivity contribution in [1.29, 1.82) is 0 Å². The van der Waals surface area contributed by atoms with Crippen molar-refractivity contribution in [3.8, 4) is 0 Å². The van der Waals surface area contributed by atoms with Crippen LogP contribution in [0.2, 0.25) is 10.0 Å². The van der Waals surface area contributed by atoms with Crippen LogP contribution >= 0.6 is 23.2 Å². The number of carbonyl (C=O) groups excluding carboxylic acids is 1. The van der Waals surface area contributed by atoms with Crippen LogP contribution in [0.5, 0.6) is 0 Å². The van der Waals surface area contributed by atoms with Gasteiger partial charge < -0.3 is 4.90 Å². The number of hydrogen-bond acceptors (Lipinski definition) is 2. The molecule has 2 aliphatic rings. The molecule has 0 radical (unpaired) electrons. The molecule has 1 amide bonds. The minimum Gasteiger partial charge on any atom is -0.331 e. The molecule has 0 saturated heterocycles. The number of alkyl halides is 2. The van der Waals surface area contributed by atoms with E-state index in [0.717, 1.165) is 0 Å². The number of carbonyl (C=O) groups is 1. The van der Waals surface area contributed by atoms with E-state index in [1.54, 1.807) is 17.0 Å². The molecular formula is C19H19Cl2F2N3O. The minimum absolute atomic E-state index is 0.0196. The molecule has 1 aromatic carbocycles. The number of amides is 1. The number of benzene rings is 1. The van der Waals surface area contributed by atoms with Crippen molar-refractivity contribution in [3.05, 3.63) is 50.8 Å². The van der Waals surface area contributed by atoms with Crippen LogP contribution in [0, 0.1) is 0 Å². The topological polar surface area (TPSA) is 38.1 Å². The minimum atomic E-state index is -2.92. The zero-order chi connectivity index (χ0) is 19.3. The highest BCUT2D eigenvalue weighted by Crippen LogP contribution is 2.41. The maximum atomic E-state index is 14.7. The Morgan fingerprint density at radius 2 is 2.04 bits per heavy atom. The molecule has 8 heteroatoms. The number of nitrogens with zero attached hydrogens (tertiary/aromatic N) is 3. The summed E-state index contributed by atoms with van der Waals surface area (Å²) >= 11 is 12.0. The van der Waals surface area contributed by atoms with Gasteiger partial charge in [0.15, 0.2) is 0 Å². The van der Waals surface area contributed by atoms with E-state index in [9.17, 15) is 13.6 Å². The lowest BCUT2D eigenvalue weighted by Gasteiger charge is -2.34. The predicted molar refractivity (Wildman–Crippen MR) is 99.5 cm³/mol. The lowest BCUT2D eigenvalue weighted by atomic mass is 9.95. The van der Waals surface area contributed by atoms with Gasteiger partial charge in [-0.1, -0.05) is 23.2 Å². The Kier molecular flexibility index (Phi) is 4.67. The fourth-order valence-electron chi connectivity index (χ4n) is 3.96. The van der Waals surface area contributed by atoms with Crippen molar-refractivity contribution in [2.75, 3.05) is 0 Å². The Morgan fingerprint density at radius 1 is 1.26 bits per heavy atom. The second kappa shape index (κ2) is 6.74. The largest absolute Gasteiger partial charge is 0.331 e. The summed E-state index contributed by atoms with van der Waals surface area (Å²) in [6.07, 6.45) is 1.43. The molecule has 0 aliphatic carbocycles. The van der Waals surface area contributed by atoms with Crippen molar-refractivity contribution in [2.24, 2.45) is 0 Å². The maximum absolute atomic E-state index is 14.7. The summed E-state index contributed by atoms with van der Waals surface area (Å²) in [5.74, 6) is -3.17. The first kappa shape index (κ1) is 18.7. The van der Waals surface area contributed by atoms with Crippen LogP contribution in [-0.2, 0) is 25.4 Å². The summed E-state index contributed by atoms with van der Waals surface area (Å²) in [5.41, 5.74) is 1.55. The lowest BCUT2D eigenvalue weighted by molar-refractivity contribution is -0.0207. The van der Waals surface area contributed by atoms with Crippen molar-refractivity contribution in [1.82, 2.24) is 14.7 Å². The molecule has 0 bridgehead atoms. The summed E-state index contributed by atoms with van der Waals surface area (Å²) in [6.45, 7) is 2.52. The zero-order valence-corrected chi connectivity index (χ0v) is 16.3. The van der Waals surface area contributed by atoms with Gasteiger partial charge in [-0.05, 0) is 38.0 Å². The van der Waals surface area contributed by atoms with E-state index in [1.165, 1.54) is 10.7 Å². The fraction of sp³-hybridized carbons (Fsp3) is 0.474. The Hall–Kier alpha value is -1.66. The smallest absolute Gasteiger partial charge is 0.289 e. The molecule has 0 N–H and O–H groups in total. The van der Waals surface area contributed by atoms with E-state index in [0.29, 0.717) is 52.7 Å². The van der Waals surface area contributed by atoms with Gasteiger partial charge in [-0.3, -0.25) is 9.48 Å². The van der Waals surface area contributed by atoms with Gasteiger partial charge in [-0.25, -0.2) is 0 Å². The van der Waals surface area contributed by atoms with Crippen molar-refractivity contribution in [3.63, 3.8) is 0 Å². The zero-order valence-electron chi connectivity index (χ0n) is 14.8. The van der Waals surface area contributed by atoms with Gasteiger partial charge in [-0.2, -0.15) is 13.9 Å². The molecule has 3 heterocycles. The fourth-order valence-corrected chi connectivity index (χ4v) is 4.26. The lowest BCUT2D eigenvalue weighted by Crippen LogP contribution is -2.43. The van der Waals surface area contributed by atoms with Crippen molar-refractivity contribution < 1.29 is 13.6 Å². The normalized spacial score (nSPS) is 21.4. The molecular weight excluding hydrogens is 395 g/mol. The number of rotatable bonds is 1. The summed E-state index contributed by atoms with van der Waals surface area (Å²) in [5, 5.41) is 5.10. The average Bonchev–Trinajstić information content (AvgIpc) is 2.90. The van der Waals surface area contributed by atoms with Gasteiger partial charge in [0.1, 0.15) is 5.69 Å². The van der Waals surface area contributed by atoms with E-state index < -0.39 is 5.92 Å². The summed E-state index contributed by atoms with van der Waals surface area (Å²) in [4.78, 5) is 14.6. The van der Waals surface area contributed by atoms with E-state index in [2.05, 4.69) is 5.10 Å². The molecule has 0 unspecified atom stereocenters. The van der Waals surface area contributed by atoms with Crippen LogP contribution in [0.4, 0.5) is 8.78 Å². The third kappa shape index (κ3) is 3.23. The molecule has 0 saturated carbocycles. The molecule has 27 heavy (non-hydrogen) atoms. The summed E-state index contributed by atoms with van der Waals surface area (Å²) in [7, 11) is 0. The highest BCUT2D eigenvalue weighted by atomic mass is 35.5. The molecule has 2 aromatic rings. The van der Waals surface area contributed by atoms with Gasteiger partial charge in [0.25, 0.3) is 11.8 Å². The van der Waals surface area contributed by atoms with Crippen LogP contribution in [0.15, 0.2) is 18.2 Å². The van der Waals surface area contributed by atoms with Gasteiger partial charge in [-0.15, -0.1) is 0 Å². The quantitative estimate of drug-likeness (QED) is 0.655. The third-order valence-electron chi connectivity index (χ3n) is 5.37. The molecule has 4 nitrogen and oxygen atoms in total. The Bertz CT molecular complexity index is 913. The number of aryl methyl sites for hydroxylation is 1. The van der Waals surface area contributed by atoms with Crippen molar-refractivity contribution in [2.45, 2.75) is 57.7 Å². The summed E-state index contributed by atoms with van der Waals surface area (Å²) in [6, 6.07) is 4.54. The predicted octanol–water partition coefficient (Wildman–Crippen LogP) is 5.05. The second-order valence-corrected chi connectivity index (χ2v) is 8.09. The Morgan fingerprint density at radius 3 is 2.78 bits per heavy atom. The molecule has 144 valence electrons. The standard InChI is InChI=1S/C19H19Cl2F2N3O/c1-11-8-16-13(17-19(22,23)6-2-3-7-26(17)24-16)10-25(11)18(27)12-4-5-14(20)15(21)9-12/h4-5,9,11H,2-3,6-8,10H2,1H3/t11-/m1/s1. The third-order valence-corrected chi connectivity index (χ3v) is 6.11. The molecule has 1 atom stereocenters. The molecule has 0 fully saturated rings. The Labute approximate surface area is 166 Å². The van der Waals surface area contributed by atoms with Crippen LogP contribution < -0.4 is 0 Å². The summed E-state index contributed by atoms with van der Waals surface area (Å²) < 4.78 is 30.9. The van der Waals surface area contributed by atoms with Crippen LogP contribution in [0.3, 0.4) is 0 Å². The number of fused-ring (bicyclic) bond motifs is 3. The highest BCUT2D eigenvalue weighted by molar-refractivity contribution is 6.42. The van der Waals surface area contributed by atoms with Gasteiger partial charge in [0.05, 0.1) is 22.3 Å². The van der Waals surface area contributed by atoms with Crippen LogP contribution in [0.25, 0.3) is 0 Å². The van der Waals surface area contributed by atoms with Gasteiger partial charge >= 0.3 is 0 Å². The molecule has 1 aromatic heterocycles. The molecule has 0 spiro atoms. The Balaban J connectivity index is 1.71. The monoisotopic (exact) mass is 413 g/mol.